The lowest BCUT2D eigenvalue weighted by atomic mass is 10.0. The minimum Gasteiger partial charge on any atom is -0.480 e. The van der Waals surface area contributed by atoms with Crippen LogP contribution in [0.25, 0.3) is 0 Å². The summed E-state index contributed by atoms with van der Waals surface area (Å²) in [6.07, 6.45) is 53.8. The number of carbonyl (C=O) groups excluding carboxylic acids is 2. The molecule has 0 bridgehead atoms. The minimum atomic E-state index is -4.77. The maximum Gasteiger partial charge on any atom is 0.472 e. The second kappa shape index (κ2) is 45.7. The van der Waals surface area contributed by atoms with Crippen molar-refractivity contribution in [1.82, 2.24) is 5.32 Å². The predicted molar refractivity (Wildman–Crippen MR) is 258 cm³/mol. The Balaban J connectivity index is 3.87. The zero-order valence-corrected chi connectivity index (χ0v) is 40.5. The number of aliphatic carboxylic acids is 1. The van der Waals surface area contributed by atoms with Gasteiger partial charge >= 0.3 is 19.8 Å². The number of nitrogens with one attached hydrogen (secondary N) is 1. The molecule has 0 radical (unpaired) electrons. The van der Waals surface area contributed by atoms with Gasteiger partial charge in [-0.25, -0.2) is 9.36 Å². The topological polar surface area (TPSA) is 169 Å². The molecule has 63 heavy (non-hydrogen) atoms. The van der Waals surface area contributed by atoms with Gasteiger partial charge in [-0.2, -0.15) is 0 Å². The number of rotatable bonds is 46. The van der Waals surface area contributed by atoms with Crippen LogP contribution in [-0.2, 0) is 32.7 Å². The Labute approximate surface area is 383 Å². The van der Waals surface area contributed by atoms with Gasteiger partial charge in [-0.15, -0.1) is 0 Å². The summed E-state index contributed by atoms with van der Waals surface area (Å²) in [5.74, 6) is -2.39. The molecule has 1 amide bonds. The van der Waals surface area contributed by atoms with Gasteiger partial charge < -0.3 is 25.2 Å². The SMILES string of the molecule is CC/C=C\C/C=C\C/C=C\C/C=C\C/C=C\CCCCCCCC(=O)OCC(O)COP(=O)(O)OCC(NC(=O)CCCCCCCCCCCCCCCCCCCC)C(=O)O. The second-order valence-electron chi connectivity index (χ2n) is 16.6. The molecule has 0 aromatic heterocycles. The number of hydrogen-bond donors (Lipinski definition) is 4. The van der Waals surface area contributed by atoms with Crippen LogP contribution in [0.4, 0.5) is 0 Å². The number of amides is 1. The van der Waals surface area contributed by atoms with Gasteiger partial charge in [-0.3, -0.25) is 18.6 Å². The number of carbonyl (C=O) groups is 3. The van der Waals surface area contributed by atoms with Crippen molar-refractivity contribution < 1.29 is 47.8 Å². The average Bonchev–Trinajstić information content (AvgIpc) is 3.26. The number of carboxylic acids is 1. The first-order chi connectivity index (χ1) is 30.6. The van der Waals surface area contributed by atoms with Crippen LogP contribution in [-0.4, -0.2) is 64.9 Å². The van der Waals surface area contributed by atoms with Crippen molar-refractivity contribution in [2.45, 2.75) is 225 Å². The number of carboxylic acid groups (broad SMARTS) is 1. The number of phosphoric ester groups is 1. The Bertz CT molecular complexity index is 1300. The molecule has 364 valence electrons. The third-order valence-corrected chi connectivity index (χ3v) is 11.5. The number of aliphatic hydroxyl groups excluding tert-OH is 1. The summed E-state index contributed by atoms with van der Waals surface area (Å²) >= 11 is 0. The first-order valence-electron chi connectivity index (χ1n) is 24.8. The fraction of sp³-hybridized carbons (Fsp3) is 0.745. The number of unbranched alkanes of at least 4 members (excludes halogenated alkanes) is 22. The highest BCUT2D eigenvalue weighted by atomic mass is 31.2. The molecule has 0 aliphatic rings. The third kappa shape index (κ3) is 45.5. The molecule has 3 atom stereocenters. The molecule has 12 heteroatoms. The monoisotopic (exact) mass is 908 g/mol. The van der Waals surface area contributed by atoms with Gasteiger partial charge in [0.25, 0.3) is 0 Å². The van der Waals surface area contributed by atoms with Crippen LogP contribution >= 0.6 is 7.82 Å². The highest BCUT2D eigenvalue weighted by Gasteiger charge is 2.28. The summed E-state index contributed by atoms with van der Waals surface area (Å²) in [5.41, 5.74) is 0. The van der Waals surface area contributed by atoms with E-state index < -0.39 is 57.6 Å². The molecule has 0 heterocycles. The molecule has 0 fully saturated rings. The minimum absolute atomic E-state index is 0.146. The van der Waals surface area contributed by atoms with Gasteiger partial charge in [0.1, 0.15) is 12.7 Å². The van der Waals surface area contributed by atoms with Crippen LogP contribution in [0.3, 0.4) is 0 Å². The van der Waals surface area contributed by atoms with Crippen molar-refractivity contribution in [2.24, 2.45) is 0 Å². The lowest BCUT2D eigenvalue weighted by Gasteiger charge is -2.18. The summed E-state index contributed by atoms with van der Waals surface area (Å²) < 4.78 is 26.9. The molecule has 4 N–H and O–H groups in total. The molecule has 0 saturated heterocycles. The van der Waals surface area contributed by atoms with E-state index in [1.807, 2.05) is 0 Å². The normalized spacial score (nSPS) is 14.1. The highest BCUT2D eigenvalue weighted by molar-refractivity contribution is 7.47. The van der Waals surface area contributed by atoms with Gasteiger partial charge in [0.2, 0.25) is 5.91 Å². The summed E-state index contributed by atoms with van der Waals surface area (Å²) in [6.45, 7) is 2.48. The Morgan fingerprint density at radius 2 is 0.921 bits per heavy atom. The number of phosphoric acid groups is 1. The van der Waals surface area contributed by atoms with E-state index in [9.17, 15) is 34.1 Å². The zero-order chi connectivity index (χ0) is 46.3. The standard InChI is InChI=1S/C51H90NO10P/c1-3-5-7-9-11-13-15-17-19-21-23-24-25-27-29-31-33-35-37-39-41-43-50(55)60-44-47(53)45-61-63(58,59)62-46-48(51(56)57)52-49(54)42-40-38-36-34-32-30-28-26-22-20-18-16-14-12-10-8-6-4-2/h5,7,11,13,17,19,23-24,27,29,47-48,53H,3-4,6,8-10,12,14-16,18,20-22,25-26,28,30-46H2,1-2H3,(H,52,54)(H,56,57)(H,58,59)/b7-5-,13-11-,19-17-,24-23-,29-27-. The van der Waals surface area contributed by atoms with Crippen LogP contribution in [0.5, 0.6) is 0 Å². The summed E-state index contributed by atoms with van der Waals surface area (Å²) in [6, 6.07) is -1.55. The number of allylic oxidation sites excluding steroid dienone is 10. The Morgan fingerprint density at radius 1 is 0.524 bits per heavy atom. The van der Waals surface area contributed by atoms with Crippen LogP contribution < -0.4 is 5.32 Å². The molecular formula is C51H90NO10P. The van der Waals surface area contributed by atoms with Crippen molar-refractivity contribution in [3.63, 3.8) is 0 Å². The predicted octanol–water partition coefficient (Wildman–Crippen LogP) is 13.5. The first-order valence-corrected chi connectivity index (χ1v) is 26.3. The molecule has 0 saturated carbocycles. The number of hydrogen-bond acceptors (Lipinski definition) is 8. The second-order valence-corrected chi connectivity index (χ2v) is 18.1. The van der Waals surface area contributed by atoms with Crippen molar-refractivity contribution in [1.29, 1.82) is 0 Å². The van der Waals surface area contributed by atoms with E-state index in [-0.39, 0.29) is 12.8 Å². The lowest BCUT2D eigenvalue weighted by molar-refractivity contribution is -0.147. The molecule has 3 unspecified atom stereocenters. The largest absolute Gasteiger partial charge is 0.480 e. The summed E-state index contributed by atoms with van der Waals surface area (Å²) in [4.78, 5) is 46.1. The van der Waals surface area contributed by atoms with E-state index in [0.29, 0.717) is 12.8 Å². The van der Waals surface area contributed by atoms with E-state index >= 15 is 0 Å². The van der Waals surface area contributed by atoms with Gasteiger partial charge in [0.05, 0.1) is 13.2 Å². The van der Waals surface area contributed by atoms with E-state index in [1.165, 1.54) is 89.9 Å². The molecule has 0 spiro atoms. The fourth-order valence-corrected chi connectivity index (χ4v) is 7.53. The lowest BCUT2D eigenvalue weighted by Crippen LogP contribution is -2.43. The Hall–Kier alpha value is -2.82. The average molecular weight is 908 g/mol. The number of esters is 1. The number of ether oxygens (including phenoxy) is 1. The van der Waals surface area contributed by atoms with Crippen LogP contribution in [0.1, 0.15) is 213 Å². The van der Waals surface area contributed by atoms with Crippen LogP contribution in [0, 0.1) is 0 Å². The maximum atomic E-state index is 12.4. The quantitative estimate of drug-likeness (QED) is 0.0200. The van der Waals surface area contributed by atoms with Gasteiger partial charge in [-0.1, -0.05) is 203 Å². The zero-order valence-electron chi connectivity index (χ0n) is 39.6. The summed E-state index contributed by atoms with van der Waals surface area (Å²) in [5, 5.41) is 21.9. The van der Waals surface area contributed by atoms with Crippen molar-refractivity contribution in [2.75, 3.05) is 19.8 Å². The molecule has 0 aromatic carbocycles. The first kappa shape index (κ1) is 60.2. The fourth-order valence-electron chi connectivity index (χ4n) is 6.75. The van der Waals surface area contributed by atoms with Crippen LogP contribution in [0.15, 0.2) is 60.8 Å². The van der Waals surface area contributed by atoms with E-state index in [1.54, 1.807) is 0 Å². The summed E-state index contributed by atoms with van der Waals surface area (Å²) in [7, 11) is -4.77. The maximum absolute atomic E-state index is 12.4. The third-order valence-electron chi connectivity index (χ3n) is 10.6. The van der Waals surface area contributed by atoms with Crippen molar-refractivity contribution in [3.8, 4) is 0 Å². The molecule has 0 aromatic rings. The highest BCUT2D eigenvalue weighted by Crippen LogP contribution is 2.43. The van der Waals surface area contributed by atoms with E-state index in [2.05, 4.69) is 79.9 Å². The molecule has 0 aliphatic carbocycles. The molecule has 11 nitrogen and oxygen atoms in total. The molecule has 0 aliphatic heterocycles. The molecule has 0 rings (SSSR count). The van der Waals surface area contributed by atoms with E-state index in [4.69, 9.17) is 13.8 Å². The molecular weight excluding hydrogens is 818 g/mol. The Kier molecular flexibility index (Phi) is 43.7. The number of aliphatic hydroxyl groups is 1. The van der Waals surface area contributed by atoms with Crippen molar-refractivity contribution >= 4 is 25.7 Å². The smallest absolute Gasteiger partial charge is 0.472 e. The van der Waals surface area contributed by atoms with E-state index in [0.717, 1.165) is 83.5 Å². The van der Waals surface area contributed by atoms with Gasteiger partial charge in [0.15, 0.2) is 6.04 Å². The van der Waals surface area contributed by atoms with Crippen molar-refractivity contribution in [3.05, 3.63) is 60.8 Å². The Morgan fingerprint density at radius 3 is 1.38 bits per heavy atom. The van der Waals surface area contributed by atoms with Gasteiger partial charge in [-0.05, 0) is 57.8 Å². The van der Waals surface area contributed by atoms with Gasteiger partial charge in [0, 0.05) is 12.8 Å². The van der Waals surface area contributed by atoms with Crippen LogP contribution in [0.2, 0.25) is 0 Å².